The first kappa shape index (κ1) is 25.9. The SMILES string of the molecule is Cc1ccc([N+](=O)[O-])cc1NC(=O)C(Sc1cccc(NC(=S)Nc2ccccc2)c1)c1ccccc1. The standard InChI is InChI=1S/C28H24N4O3S2/c1-19-15-16-23(32(34)35)18-25(19)31-27(33)26(20-9-4-2-5-10-20)37-24-14-8-13-22(17-24)30-28(36)29-21-11-6-3-7-12-21/h2-18,26H,1H3,(H,31,33)(H2,29,30,36). The van der Waals surface area contributed by atoms with Crippen LogP contribution in [0.25, 0.3) is 0 Å². The van der Waals surface area contributed by atoms with E-state index < -0.39 is 10.2 Å². The molecular weight excluding hydrogens is 504 g/mol. The molecule has 1 amide bonds. The van der Waals surface area contributed by atoms with Crippen molar-refractivity contribution in [3.63, 3.8) is 0 Å². The van der Waals surface area contributed by atoms with Crippen LogP contribution >= 0.6 is 24.0 Å². The lowest BCUT2D eigenvalue weighted by Gasteiger charge is -2.18. The second-order valence-corrected chi connectivity index (χ2v) is 9.71. The molecule has 4 aromatic rings. The van der Waals surface area contributed by atoms with E-state index in [2.05, 4.69) is 16.0 Å². The molecule has 9 heteroatoms. The molecule has 0 aliphatic carbocycles. The first-order chi connectivity index (χ1) is 17.9. The zero-order chi connectivity index (χ0) is 26.2. The summed E-state index contributed by atoms with van der Waals surface area (Å²) < 4.78 is 0. The fraction of sp³-hybridized carbons (Fsp3) is 0.0714. The van der Waals surface area contributed by atoms with Gasteiger partial charge < -0.3 is 16.0 Å². The average Bonchev–Trinajstić information content (AvgIpc) is 2.89. The van der Waals surface area contributed by atoms with Crippen molar-refractivity contribution >= 4 is 57.7 Å². The molecule has 0 fully saturated rings. The Morgan fingerprint density at radius 2 is 1.49 bits per heavy atom. The fourth-order valence-electron chi connectivity index (χ4n) is 3.56. The maximum Gasteiger partial charge on any atom is 0.271 e. The molecule has 3 N–H and O–H groups in total. The van der Waals surface area contributed by atoms with Crippen molar-refractivity contribution in [3.8, 4) is 0 Å². The molecule has 4 rings (SSSR count). The topological polar surface area (TPSA) is 96.3 Å². The molecule has 186 valence electrons. The van der Waals surface area contributed by atoms with Crippen molar-refractivity contribution in [2.75, 3.05) is 16.0 Å². The number of amides is 1. The molecule has 7 nitrogen and oxygen atoms in total. The monoisotopic (exact) mass is 528 g/mol. The fourth-order valence-corrected chi connectivity index (χ4v) is 4.87. The van der Waals surface area contributed by atoms with Crippen LogP contribution in [0.5, 0.6) is 0 Å². The number of non-ortho nitro benzene ring substituents is 1. The van der Waals surface area contributed by atoms with Gasteiger partial charge in [0.25, 0.3) is 5.69 Å². The summed E-state index contributed by atoms with van der Waals surface area (Å²) in [5, 5.41) is 20.3. The molecule has 0 heterocycles. The first-order valence-electron chi connectivity index (χ1n) is 11.4. The number of benzene rings is 4. The lowest BCUT2D eigenvalue weighted by molar-refractivity contribution is -0.384. The minimum atomic E-state index is -0.593. The second-order valence-electron chi connectivity index (χ2n) is 8.13. The zero-order valence-electron chi connectivity index (χ0n) is 19.9. The highest BCUT2D eigenvalue weighted by Gasteiger charge is 2.23. The van der Waals surface area contributed by atoms with Gasteiger partial charge in [0, 0.05) is 28.4 Å². The molecule has 0 bridgehead atoms. The first-order valence-corrected chi connectivity index (χ1v) is 12.7. The van der Waals surface area contributed by atoms with Gasteiger partial charge in [-0.3, -0.25) is 14.9 Å². The van der Waals surface area contributed by atoms with E-state index in [0.29, 0.717) is 10.8 Å². The van der Waals surface area contributed by atoms with Gasteiger partial charge in [-0.15, -0.1) is 11.8 Å². The van der Waals surface area contributed by atoms with E-state index in [1.807, 2.05) is 84.9 Å². The number of nitro benzene ring substituents is 1. The third-order valence-electron chi connectivity index (χ3n) is 5.41. The molecule has 0 saturated carbocycles. The molecule has 0 aromatic heterocycles. The zero-order valence-corrected chi connectivity index (χ0v) is 21.5. The third-order valence-corrected chi connectivity index (χ3v) is 6.86. The maximum absolute atomic E-state index is 13.5. The van der Waals surface area contributed by atoms with Gasteiger partial charge in [-0.2, -0.15) is 0 Å². The number of para-hydroxylation sites is 1. The molecule has 0 saturated heterocycles. The molecule has 37 heavy (non-hydrogen) atoms. The molecule has 0 aliphatic heterocycles. The van der Waals surface area contributed by atoms with Gasteiger partial charge in [-0.1, -0.05) is 60.7 Å². The largest absolute Gasteiger partial charge is 0.332 e. The van der Waals surface area contributed by atoms with Crippen LogP contribution < -0.4 is 16.0 Å². The number of thiocarbonyl (C=S) groups is 1. The van der Waals surface area contributed by atoms with E-state index in [-0.39, 0.29) is 11.6 Å². The van der Waals surface area contributed by atoms with Gasteiger partial charge in [-0.25, -0.2) is 0 Å². The summed E-state index contributed by atoms with van der Waals surface area (Å²) in [5.74, 6) is -0.278. The summed E-state index contributed by atoms with van der Waals surface area (Å²) in [7, 11) is 0. The van der Waals surface area contributed by atoms with E-state index in [4.69, 9.17) is 12.2 Å². The smallest absolute Gasteiger partial charge is 0.271 e. The number of nitrogens with zero attached hydrogens (tertiary/aromatic N) is 1. The van der Waals surface area contributed by atoms with Crippen molar-refractivity contribution in [2.45, 2.75) is 17.1 Å². The van der Waals surface area contributed by atoms with E-state index in [1.54, 1.807) is 13.0 Å². The molecule has 0 spiro atoms. The quantitative estimate of drug-likeness (QED) is 0.0964. The Morgan fingerprint density at radius 3 is 2.19 bits per heavy atom. The van der Waals surface area contributed by atoms with E-state index in [1.165, 1.54) is 23.9 Å². The number of carbonyl (C=O) groups is 1. The highest BCUT2D eigenvalue weighted by Crippen LogP contribution is 2.37. The van der Waals surface area contributed by atoms with Crippen molar-refractivity contribution in [3.05, 3.63) is 124 Å². The number of carbonyl (C=O) groups excluding carboxylic acids is 1. The minimum Gasteiger partial charge on any atom is -0.332 e. The number of hydrogen-bond acceptors (Lipinski definition) is 5. The number of hydrogen-bond donors (Lipinski definition) is 3. The molecule has 4 aromatic carbocycles. The second kappa shape index (κ2) is 12.2. The lowest BCUT2D eigenvalue weighted by atomic mass is 10.1. The minimum absolute atomic E-state index is 0.0799. The van der Waals surface area contributed by atoms with Crippen molar-refractivity contribution < 1.29 is 9.72 Å². The Labute approximate surface area is 224 Å². The maximum atomic E-state index is 13.5. The number of aryl methyl sites for hydroxylation is 1. The van der Waals surface area contributed by atoms with Gasteiger partial charge >= 0.3 is 0 Å². The number of nitro groups is 1. The lowest BCUT2D eigenvalue weighted by Crippen LogP contribution is -2.20. The summed E-state index contributed by atoms with van der Waals surface area (Å²) in [5.41, 5.74) is 3.54. The summed E-state index contributed by atoms with van der Waals surface area (Å²) in [6.07, 6.45) is 0. The van der Waals surface area contributed by atoms with Gasteiger partial charge in [0.15, 0.2) is 5.11 Å². The van der Waals surface area contributed by atoms with Crippen LogP contribution in [0.2, 0.25) is 0 Å². The van der Waals surface area contributed by atoms with Crippen molar-refractivity contribution in [1.82, 2.24) is 0 Å². The van der Waals surface area contributed by atoms with Crippen molar-refractivity contribution in [2.24, 2.45) is 0 Å². The summed E-state index contributed by atoms with van der Waals surface area (Å²) in [6, 6.07) is 31.1. The van der Waals surface area contributed by atoms with Crippen LogP contribution in [-0.4, -0.2) is 15.9 Å². The van der Waals surface area contributed by atoms with Crippen LogP contribution in [0.1, 0.15) is 16.4 Å². The molecule has 1 atom stereocenters. The highest BCUT2D eigenvalue weighted by molar-refractivity contribution is 8.00. The van der Waals surface area contributed by atoms with Gasteiger partial charge in [-0.05, 0) is 60.6 Å². The number of anilines is 3. The van der Waals surface area contributed by atoms with E-state index in [0.717, 1.165) is 27.4 Å². The van der Waals surface area contributed by atoms with Crippen molar-refractivity contribution in [1.29, 1.82) is 0 Å². The average molecular weight is 529 g/mol. The summed E-state index contributed by atoms with van der Waals surface area (Å²) in [4.78, 5) is 25.1. The number of thioether (sulfide) groups is 1. The predicted octanol–water partition coefficient (Wildman–Crippen LogP) is 7.18. The van der Waals surface area contributed by atoms with Crippen LogP contribution in [0.15, 0.2) is 108 Å². The molecular formula is C28H24N4O3S2. The van der Waals surface area contributed by atoms with Gasteiger partial charge in [0.1, 0.15) is 5.25 Å². The Hall–Kier alpha value is -4.21. The highest BCUT2D eigenvalue weighted by atomic mass is 32.2. The Kier molecular flexibility index (Phi) is 8.50. The Bertz CT molecular complexity index is 1420. The predicted molar refractivity (Wildman–Crippen MR) is 154 cm³/mol. The van der Waals surface area contributed by atoms with Crippen LogP contribution in [0.3, 0.4) is 0 Å². The van der Waals surface area contributed by atoms with Crippen LogP contribution in [0.4, 0.5) is 22.7 Å². The van der Waals surface area contributed by atoms with E-state index >= 15 is 0 Å². The number of rotatable bonds is 8. The van der Waals surface area contributed by atoms with Crippen LogP contribution in [-0.2, 0) is 4.79 Å². The molecule has 0 radical (unpaired) electrons. The van der Waals surface area contributed by atoms with Gasteiger partial charge in [0.2, 0.25) is 5.91 Å². The summed E-state index contributed by atoms with van der Waals surface area (Å²) in [6.45, 7) is 1.80. The van der Waals surface area contributed by atoms with Crippen LogP contribution in [0, 0.1) is 17.0 Å². The van der Waals surface area contributed by atoms with E-state index in [9.17, 15) is 14.9 Å². The Balaban J connectivity index is 1.53. The molecule has 1 unspecified atom stereocenters. The van der Waals surface area contributed by atoms with Gasteiger partial charge in [0.05, 0.1) is 10.6 Å². The third kappa shape index (κ3) is 7.16. The molecule has 0 aliphatic rings. The summed E-state index contributed by atoms with van der Waals surface area (Å²) >= 11 is 6.82. The number of nitrogens with one attached hydrogen (secondary N) is 3. The Morgan fingerprint density at radius 1 is 0.838 bits per heavy atom. The normalized spacial score (nSPS) is 11.3.